The molecule has 2 aromatic rings. The third-order valence-corrected chi connectivity index (χ3v) is 3.68. The Morgan fingerprint density at radius 2 is 1.86 bits per heavy atom. The first-order valence-electron chi connectivity index (χ1n) is 5.96. The fourth-order valence-corrected chi connectivity index (χ4v) is 2.38. The number of hydrogen-bond acceptors (Lipinski definition) is 3. The molecule has 6 heteroatoms. The van der Waals surface area contributed by atoms with Gasteiger partial charge in [0.15, 0.2) is 0 Å². The van der Waals surface area contributed by atoms with Gasteiger partial charge in [-0.15, -0.1) is 0 Å². The van der Waals surface area contributed by atoms with Crippen molar-refractivity contribution in [3.63, 3.8) is 0 Å². The third-order valence-electron chi connectivity index (χ3n) is 2.75. The number of rotatable bonds is 3. The van der Waals surface area contributed by atoms with Crippen LogP contribution < -0.4 is 5.32 Å². The van der Waals surface area contributed by atoms with Crippen molar-refractivity contribution >= 4 is 45.1 Å². The van der Waals surface area contributed by atoms with Gasteiger partial charge in [-0.3, -0.25) is 4.79 Å². The summed E-state index contributed by atoms with van der Waals surface area (Å²) in [6.07, 6.45) is 0. The van der Waals surface area contributed by atoms with Crippen LogP contribution in [0.1, 0.15) is 20.7 Å². The standard InChI is InChI=1S/C15H11BrClNO3/c1-21-15(20)11-7-6-9(17)8-13(11)18-14(19)10-4-2-3-5-12(10)16/h2-8H,1H3,(H,18,19). The quantitative estimate of drug-likeness (QED) is 0.828. The average molecular weight is 369 g/mol. The van der Waals surface area contributed by atoms with Crippen LogP contribution in [0.2, 0.25) is 5.02 Å². The topological polar surface area (TPSA) is 55.4 Å². The predicted molar refractivity (Wildman–Crippen MR) is 84.9 cm³/mol. The summed E-state index contributed by atoms with van der Waals surface area (Å²) < 4.78 is 5.34. The van der Waals surface area contributed by atoms with Gasteiger partial charge in [-0.05, 0) is 46.3 Å². The van der Waals surface area contributed by atoms with Crippen LogP contribution in [0.15, 0.2) is 46.9 Å². The van der Waals surface area contributed by atoms with Gasteiger partial charge in [0.1, 0.15) is 0 Å². The number of anilines is 1. The molecule has 0 bridgehead atoms. The summed E-state index contributed by atoms with van der Waals surface area (Å²) in [6, 6.07) is 11.5. The van der Waals surface area contributed by atoms with Gasteiger partial charge in [0.25, 0.3) is 5.91 Å². The summed E-state index contributed by atoms with van der Waals surface area (Å²) in [5.74, 6) is -0.899. The molecule has 0 aliphatic rings. The Morgan fingerprint density at radius 1 is 1.14 bits per heavy atom. The Labute approximate surface area is 135 Å². The molecule has 2 aromatic carbocycles. The molecule has 0 atom stereocenters. The van der Waals surface area contributed by atoms with Gasteiger partial charge in [-0.25, -0.2) is 4.79 Å². The lowest BCUT2D eigenvalue weighted by Crippen LogP contribution is -2.15. The van der Waals surface area contributed by atoms with Crippen LogP contribution in [0, 0.1) is 0 Å². The molecule has 0 fully saturated rings. The van der Waals surface area contributed by atoms with Crippen LogP contribution in [0.5, 0.6) is 0 Å². The van der Waals surface area contributed by atoms with E-state index in [4.69, 9.17) is 11.6 Å². The van der Waals surface area contributed by atoms with Gasteiger partial charge in [-0.1, -0.05) is 23.7 Å². The van der Waals surface area contributed by atoms with E-state index in [1.54, 1.807) is 30.3 Å². The monoisotopic (exact) mass is 367 g/mol. The van der Waals surface area contributed by atoms with E-state index in [9.17, 15) is 9.59 Å². The van der Waals surface area contributed by atoms with Crippen LogP contribution in [0.4, 0.5) is 5.69 Å². The fraction of sp³-hybridized carbons (Fsp3) is 0.0667. The molecule has 0 aliphatic heterocycles. The number of benzene rings is 2. The van der Waals surface area contributed by atoms with Crippen molar-refractivity contribution in [1.29, 1.82) is 0 Å². The minimum Gasteiger partial charge on any atom is -0.465 e. The number of ether oxygens (including phenoxy) is 1. The first kappa shape index (κ1) is 15.5. The Hall–Kier alpha value is -1.85. The number of nitrogens with one attached hydrogen (secondary N) is 1. The van der Waals surface area contributed by atoms with Crippen LogP contribution >= 0.6 is 27.5 Å². The molecule has 108 valence electrons. The highest BCUT2D eigenvalue weighted by molar-refractivity contribution is 9.10. The summed E-state index contributed by atoms with van der Waals surface area (Å²) in [5, 5.41) is 3.08. The molecule has 0 unspecified atom stereocenters. The van der Waals surface area contributed by atoms with E-state index < -0.39 is 5.97 Å². The molecule has 4 nitrogen and oxygen atoms in total. The largest absolute Gasteiger partial charge is 0.465 e. The second kappa shape index (κ2) is 6.74. The Balaban J connectivity index is 2.35. The highest BCUT2D eigenvalue weighted by atomic mass is 79.9. The second-order valence-electron chi connectivity index (χ2n) is 4.12. The smallest absolute Gasteiger partial charge is 0.339 e. The number of esters is 1. The maximum absolute atomic E-state index is 12.3. The number of amides is 1. The lowest BCUT2D eigenvalue weighted by molar-refractivity contribution is 0.0602. The van der Waals surface area contributed by atoms with Crippen molar-refractivity contribution in [1.82, 2.24) is 0 Å². The Bertz CT molecular complexity index is 703. The molecule has 2 rings (SSSR count). The first-order chi connectivity index (χ1) is 10.0. The summed E-state index contributed by atoms with van der Waals surface area (Å²) in [5.41, 5.74) is 0.991. The van der Waals surface area contributed by atoms with Crippen molar-refractivity contribution in [2.45, 2.75) is 0 Å². The minimum absolute atomic E-state index is 0.238. The molecule has 0 radical (unpaired) electrons. The first-order valence-corrected chi connectivity index (χ1v) is 7.13. The number of methoxy groups -OCH3 is 1. The molecule has 0 saturated heterocycles. The van der Waals surface area contributed by atoms with Crippen molar-refractivity contribution in [2.75, 3.05) is 12.4 Å². The minimum atomic E-state index is -0.547. The van der Waals surface area contributed by atoms with Gasteiger partial charge in [-0.2, -0.15) is 0 Å². The number of halogens is 2. The highest BCUT2D eigenvalue weighted by Gasteiger charge is 2.16. The van der Waals surface area contributed by atoms with Crippen LogP contribution in [0.25, 0.3) is 0 Å². The fourth-order valence-electron chi connectivity index (χ4n) is 1.74. The second-order valence-corrected chi connectivity index (χ2v) is 5.41. The van der Waals surface area contributed by atoms with Crippen LogP contribution in [0.3, 0.4) is 0 Å². The molecule has 0 aliphatic carbocycles. The number of hydrogen-bond donors (Lipinski definition) is 1. The summed E-state index contributed by atoms with van der Waals surface area (Å²) in [6.45, 7) is 0. The Kier molecular flexibility index (Phi) is 4.98. The predicted octanol–water partition coefficient (Wildman–Crippen LogP) is 4.14. The molecule has 0 spiro atoms. The van der Waals surface area contributed by atoms with Gasteiger partial charge < -0.3 is 10.1 Å². The lowest BCUT2D eigenvalue weighted by atomic mass is 10.1. The number of carbonyl (C=O) groups excluding carboxylic acids is 2. The molecular weight excluding hydrogens is 358 g/mol. The normalized spacial score (nSPS) is 10.0. The zero-order valence-electron chi connectivity index (χ0n) is 11.0. The number of carbonyl (C=O) groups is 2. The zero-order chi connectivity index (χ0) is 15.4. The maximum atomic E-state index is 12.3. The van der Waals surface area contributed by atoms with Gasteiger partial charge in [0.05, 0.1) is 23.9 Å². The van der Waals surface area contributed by atoms with Gasteiger partial charge in [0, 0.05) is 9.50 Å². The van der Waals surface area contributed by atoms with E-state index in [-0.39, 0.29) is 11.5 Å². The Morgan fingerprint density at radius 3 is 2.52 bits per heavy atom. The maximum Gasteiger partial charge on any atom is 0.339 e. The van der Waals surface area contributed by atoms with Crippen molar-refractivity contribution < 1.29 is 14.3 Å². The van der Waals surface area contributed by atoms with E-state index in [0.29, 0.717) is 20.7 Å². The van der Waals surface area contributed by atoms with Crippen LogP contribution in [-0.4, -0.2) is 19.0 Å². The third kappa shape index (κ3) is 3.62. The van der Waals surface area contributed by atoms with Crippen LogP contribution in [-0.2, 0) is 4.74 Å². The van der Waals surface area contributed by atoms with Gasteiger partial charge >= 0.3 is 5.97 Å². The van der Waals surface area contributed by atoms with E-state index in [2.05, 4.69) is 26.0 Å². The SMILES string of the molecule is COC(=O)c1ccc(Cl)cc1NC(=O)c1ccccc1Br. The molecule has 0 saturated carbocycles. The van der Waals surface area contributed by atoms with Crippen molar-refractivity contribution in [3.05, 3.63) is 63.1 Å². The van der Waals surface area contributed by atoms with E-state index in [1.165, 1.54) is 19.2 Å². The lowest BCUT2D eigenvalue weighted by Gasteiger charge is -2.11. The highest BCUT2D eigenvalue weighted by Crippen LogP contribution is 2.24. The van der Waals surface area contributed by atoms with Gasteiger partial charge in [0.2, 0.25) is 0 Å². The van der Waals surface area contributed by atoms with E-state index in [1.807, 2.05) is 0 Å². The molecule has 1 amide bonds. The van der Waals surface area contributed by atoms with E-state index >= 15 is 0 Å². The molecule has 0 heterocycles. The molecule has 0 aromatic heterocycles. The van der Waals surface area contributed by atoms with E-state index in [0.717, 1.165) is 0 Å². The molecule has 1 N–H and O–H groups in total. The zero-order valence-corrected chi connectivity index (χ0v) is 13.4. The molecule has 21 heavy (non-hydrogen) atoms. The summed E-state index contributed by atoms with van der Waals surface area (Å²) >= 11 is 9.22. The van der Waals surface area contributed by atoms with Crippen molar-refractivity contribution in [3.8, 4) is 0 Å². The molecular formula is C15H11BrClNO3. The summed E-state index contributed by atoms with van der Waals surface area (Å²) in [4.78, 5) is 24.0. The van der Waals surface area contributed by atoms with Crippen molar-refractivity contribution in [2.24, 2.45) is 0 Å². The summed E-state index contributed by atoms with van der Waals surface area (Å²) in [7, 11) is 1.27. The average Bonchev–Trinajstić information content (AvgIpc) is 2.47.